The van der Waals surface area contributed by atoms with Gasteiger partial charge in [0.1, 0.15) is 0 Å². The highest BCUT2D eigenvalue weighted by molar-refractivity contribution is 6.31. The van der Waals surface area contributed by atoms with Gasteiger partial charge in [0.25, 0.3) is 0 Å². The molecule has 0 atom stereocenters. The Morgan fingerprint density at radius 3 is 2.82 bits per heavy atom. The molecule has 0 spiro atoms. The van der Waals surface area contributed by atoms with Crippen LogP contribution >= 0.6 is 11.6 Å². The summed E-state index contributed by atoms with van der Waals surface area (Å²) in [6.07, 6.45) is 1.58. The molecule has 1 heterocycles. The summed E-state index contributed by atoms with van der Waals surface area (Å²) >= 11 is 6.06. The Hall–Kier alpha value is -0.770. The van der Waals surface area contributed by atoms with Gasteiger partial charge in [-0.15, -0.1) is 0 Å². The summed E-state index contributed by atoms with van der Waals surface area (Å²) in [5, 5.41) is 17.7. The molecule has 94 valence electrons. The molecule has 0 aliphatic carbocycles. The van der Waals surface area contributed by atoms with Crippen LogP contribution in [-0.2, 0) is 0 Å². The number of rotatable bonds is 3. The predicted molar refractivity (Wildman–Crippen MR) is 71.7 cm³/mol. The van der Waals surface area contributed by atoms with Crippen molar-refractivity contribution in [3.8, 4) is 0 Å². The van der Waals surface area contributed by atoms with Gasteiger partial charge in [-0.2, -0.15) is 0 Å². The fraction of sp³-hybridized carbons (Fsp3) is 0.538. The first kappa shape index (κ1) is 12.7. The minimum atomic E-state index is -0.597. The fourth-order valence-corrected chi connectivity index (χ4v) is 2.30. The first-order valence-corrected chi connectivity index (χ1v) is 6.41. The predicted octanol–water partition coefficient (Wildman–Crippen LogP) is 2.17. The number of hydrogen-bond donors (Lipinski definition) is 3. The van der Waals surface area contributed by atoms with E-state index >= 15 is 0 Å². The van der Waals surface area contributed by atoms with E-state index in [0.717, 1.165) is 42.2 Å². The average Bonchev–Trinajstić information content (AvgIpc) is 2.32. The van der Waals surface area contributed by atoms with E-state index in [2.05, 4.69) is 10.6 Å². The van der Waals surface area contributed by atoms with Gasteiger partial charge in [0.15, 0.2) is 0 Å². The van der Waals surface area contributed by atoms with E-state index in [4.69, 9.17) is 11.6 Å². The van der Waals surface area contributed by atoms with E-state index in [0.29, 0.717) is 6.54 Å². The number of halogens is 1. The molecule has 1 saturated heterocycles. The highest BCUT2D eigenvalue weighted by Crippen LogP contribution is 2.25. The van der Waals surface area contributed by atoms with Crippen molar-refractivity contribution in [3.05, 3.63) is 28.8 Å². The molecule has 0 amide bonds. The highest BCUT2D eigenvalue weighted by Gasteiger charge is 2.28. The van der Waals surface area contributed by atoms with Gasteiger partial charge in [0.2, 0.25) is 0 Å². The number of aliphatic hydroxyl groups is 1. The van der Waals surface area contributed by atoms with Crippen molar-refractivity contribution >= 4 is 17.3 Å². The van der Waals surface area contributed by atoms with Crippen molar-refractivity contribution in [1.29, 1.82) is 0 Å². The maximum atomic E-state index is 10.4. The lowest BCUT2D eigenvalue weighted by atomic mass is 9.92. The molecule has 0 aromatic heterocycles. The maximum Gasteiger partial charge on any atom is 0.0843 e. The van der Waals surface area contributed by atoms with Gasteiger partial charge in [0, 0.05) is 17.3 Å². The summed E-state index contributed by atoms with van der Waals surface area (Å²) in [5.41, 5.74) is 1.44. The van der Waals surface area contributed by atoms with E-state index in [9.17, 15) is 5.11 Å². The van der Waals surface area contributed by atoms with Crippen LogP contribution in [-0.4, -0.2) is 30.3 Å². The molecule has 0 bridgehead atoms. The molecule has 1 aliphatic heterocycles. The number of benzene rings is 1. The Morgan fingerprint density at radius 2 is 2.12 bits per heavy atom. The van der Waals surface area contributed by atoms with Crippen molar-refractivity contribution in [3.63, 3.8) is 0 Å². The minimum Gasteiger partial charge on any atom is -0.388 e. The third-order valence-corrected chi connectivity index (χ3v) is 3.82. The third-order valence-electron chi connectivity index (χ3n) is 3.41. The van der Waals surface area contributed by atoms with E-state index in [-0.39, 0.29) is 0 Å². The summed E-state index contributed by atoms with van der Waals surface area (Å²) in [7, 11) is 0. The lowest BCUT2D eigenvalue weighted by Gasteiger charge is -2.33. The molecule has 1 aromatic carbocycles. The zero-order valence-electron chi connectivity index (χ0n) is 10.1. The normalized spacial score (nSPS) is 19.0. The number of piperidine rings is 1. The number of hydrogen-bond acceptors (Lipinski definition) is 3. The van der Waals surface area contributed by atoms with Crippen LogP contribution < -0.4 is 10.6 Å². The standard InChI is InChI=1S/C13H19ClN2O/c1-10-11(14)3-2-4-12(10)16-9-13(17)5-7-15-8-6-13/h2-4,15-17H,5-9H2,1H3. The molecular weight excluding hydrogens is 236 g/mol. The lowest BCUT2D eigenvalue weighted by Crippen LogP contribution is -2.46. The summed E-state index contributed by atoms with van der Waals surface area (Å²) < 4.78 is 0. The van der Waals surface area contributed by atoms with Crippen LogP contribution in [0.1, 0.15) is 18.4 Å². The minimum absolute atomic E-state index is 0.579. The van der Waals surface area contributed by atoms with Crippen molar-refractivity contribution < 1.29 is 5.11 Å². The Balaban J connectivity index is 1.99. The third kappa shape index (κ3) is 3.12. The van der Waals surface area contributed by atoms with Crippen LogP contribution in [0.25, 0.3) is 0 Å². The Bertz CT molecular complexity index is 389. The summed E-state index contributed by atoms with van der Waals surface area (Å²) in [4.78, 5) is 0. The molecule has 3 N–H and O–H groups in total. The zero-order valence-corrected chi connectivity index (χ0v) is 10.8. The highest BCUT2D eigenvalue weighted by atomic mass is 35.5. The summed E-state index contributed by atoms with van der Waals surface area (Å²) in [6.45, 7) is 4.33. The second kappa shape index (κ2) is 5.25. The van der Waals surface area contributed by atoms with E-state index in [1.165, 1.54) is 0 Å². The Kier molecular flexibility index (Phi) is 3.92. The average molecular weight is 255 g/mol. The topological polar surface area (TPSA) is 44.3 Å². The smallest absolute Gasteiger partial charge is 0.0843 e. The van der Waals surface area contributed by atoms with Gasteiger partial charge in [-0.25, -0.2) is 0 Å². The van der Waals surface area contributed by atoms with Gasteiger partial charge in [-0.05, 0) is 50.6 Å². The van der Waals surface area contributed by atoms with Crippen LogP contribution in [0.3, 0.4) is 0 Å². The molecule has 17 heavy (non-hydrogen) atoms. The van der Waals surface area contributed by atoms with Crippen molar-refractivity contribution in [2.24, 2.45) is 0 Å². The van der Waals surface area contributed by atoms with Crippen LogP contribution in [0.15, 0.2) is 18.2 Å². The molecule has 2 rings (SSSR count). The molecule has 1 aliphatic rings. The monoisotopic (exact) mass is 254 g/mol. The zero-order chi connectivity index (χ0) is 12.3. The van der Waals surface area contributed by atoms with Crippen molar-refractivity contribution in [2.45, 2.75) is 25.4 Å². The molecule has 0 saturated carbocycles. The van der Waals surface area contributed by atoms with Crippen LogP contribution in [0.2, 0.25) is 5.02 Å². The van der Waals surface area contributed by atoms with E-state index in [1.807, 2.05) is 25.1 Å². The van der Waals surface area contributed by atoms with Gasteiger partial charge in [-0.1, -0.05) is 17.7 Å². The Morgan fingerprint density at radius 1 is 1.41 bits per heavy atom. The number of nitrogens with one attached hydrogen (secondary N) is 2. The first-order valence-electron chi connectivity index (χ1n) is 6.03. The quantitative estimate of drug-likeness (QED) is 0.775. The van der Waals surface area contributed by atoms with Crippen LogP contribution in [0.4, 0.5) is 5.69 Å². The molecule has 3 nitrogen and oxygen atoms in total. The van der Waals surface area contributed by atoms with E-state index < -0.39 is 5.60 Å². The van der Waals surface area contributed by atoms with Crippen molar-refractivity contribution in [1.82, 2.24) is 5.32 Å². The van der Waals surface area contributed by atoms with Gasteiger partial charge >= 0.3 is 0 Å². The molecular formula is C13H19ClN2O. The largest absolute Gasteiger partial charge is 0.388 e. The molecule has 1 aromatic rings. The van der Waals surface area contributed by atoms with Gasteiger partial charge in [-0.3, -0.25) is 0 Å². The maximum absolute atomic E-state index is 10.4. The molecule has 0 unspecified atom stereocenters. The Labute approximate surface area is 107 Å². The lowest BCUT2D eigenvalue weighted by molar-refractivity contribution is 0.0232. The van der Waals surface area contributed by atoms with Gasteiger partial charge in [0.05, 0.1) is 5.60 Å². The summed E-state index contributed by atoms with van der Waals surface area (Å²) in [5.74, 6) is 0. The van der Waals surface area contributed by atoms with Crippen LogP contribution in [0, 0.1) is 6.92 Å². The summed E-state index contributed by atoms with van der Waals surface area (Å²) in [6, 6.07) is 5.79. The number of anilines is 1. The van der Waals surface area contributed by atoms with Crippen LogP contribution in [0.5, 0.6) is 0 Å². The van der Waals surface area contributed by atoms with Gasteiger partial charge < -0.3 is 15.7 Å². The second-order valence-electron chi connectivity index (χ2n) is 4.74. The van der Waals surface area contributed by atoms with Crippen molar-refractivity contribution in [2.75, 3.05) is 25.0 Å². The molecule has 1 fully saturated rings. The molecule has 4 heteroatoms. The second-order valence-corrected chi connectivity index (χ2v) is 5.15. The first-order chi connectivity index (χ1) is 8.11. The molecule has 0 radical (unpaired) electrons. The fourth-order valence-electron chi connectivity index (χ4n) is 2.13. The SMILES string of the molecule is Cc1c(Cl)cccc1NCC1(O)CCNCC1. The van der Waals surface area contributed by atoms with E-state index in [1.54, 1.807) is 0 Å².